The maximum absolute atomic E-state index is 12.3. The van der Waals surface area contributed by atoms with Gasteiger partial charge in [-0.25, -0.2) is 13.4 Å². The maximum atomic E-state index is 12.3. The number of ketones is 2. The largest absolute Gasteiger partial charge is 0.327 e. The first-order valence-corrected chi connectivity index (χ1v) is 9.04. The Labute approximate surface area is 130 Å². The summed E-state index contributed by atoms with van der Waals surface area (Å²) in [5.74, 6) is -0.501. The number of nitrogens with zero attached hydrogens (tertiary/aromatic N) is 2. The lowest BCUT2D eigenvalue weighted by atomic mass is 9.92. The van der Waals surface area contributed by atoms with E-state index >= 15 is 0 Å². The zero-order valence-electron chi connectivity index (χ0n) is 13.3. The van der Waals surface area contributed by atoms with Crippen molar-refractivity contribution in [2.24, 2.45) is 7.05 Å². The van der Waals surface area contributed by atoms with Gasteiger partial charge < -0.3 is 4.57 Å². The van der Waals surface area contributed by atoms with Crippen molar-refractivity contribution in [2.75, 3.05) is 5.75 Å². The van der Waals surface area contributed by atoms with Crippen LogP contribution in [0, 0.1) is 0 Å². The van der Waals surface area contributed by atoms with Crippen LogP contribution < -0.4 is 0 Å². The highest BCUT2D eigenvalue weighted by Gasteiger charge is 2.34. The molecule has 0 fully saturated rings. The second-order valence-electron chi connectivity index (χ2n) is 5.64. The number of aromatic nitrogens is 2. The summed E-state index contributed by atoms with van der Waals surface area (Å²) in [6.07, 6.45) is 1.37. The molecule has 0 unspecified atom stereocenters. The van der Waals surface area contributed by atoms with Crippen LogP contribution in [0.2, 0.25) is 0 Å². The molecular weight excluding hydrogens is 304 g/mol. The first-order chi connectivity index (χ1) is 10.2. The summed E-state index contributed by atoms with van der Waals surface area (Å²) in [6, 6.07) is 0. The summed E-state index contributed by atoms with van der Waals surface area (Å²) < 4.78 is 25.6. The van der Waals surface area contributed by atoms with Crippen LogP contribution in [-0.4, -0.2) is 35.3 Å². The Balaban J connectivity index is 2.43. The van der Waals surface area contributed by atoms with Crippen molar-refractivity contribution < 1.29 is 18.0 Å². The predicted molar refractivity (Wildman–Crippen MR) is 82.6 cm³/mol. The summed E-state index contributed by atoms with van der Waals surface area (Å²) in [7, 11) is -1.72. The van der Waals surface area contributed by atoms with Crippen molar-refractivity contribution in [1.82, 2.24) is 9.55 Å². The zero-order valence-corrected chi connectivity index (χ0v) is 14.1. The van der Waals surface area contributed by atoms with Crippen LogP contribution in [0.3, 0.4) is 0 Å². The molecule has 2 rings (SSSR count). The van der Waals surface area contributed by atoms with Crippen molar-refractivity contribution in [1.29, 1.82) is 0 Å². The highest BCUT2D eigenvalue weighted by molar-refractivity contribution is 7.90. The zero-order chi connectivity index (χ0) is 16.7. The van der Waals surface area contributed by atoms with Gasteiger partial charge in [0.15, 0.2) is 9.84 Å². The van der Waals surface area contributed by atoms with Gasteiger partial charge in [0, 0.05) is 18.2 Å². The maximum Gasteiger partial charge on any atom is 0.209 e. The molecule has 0 atom stereocenters. The molecule has 6 nitrogen and oxygen atoms in total. The van der Waals surface area contributed by atoms with E-state index in [1.54, 1.807) is 20.9 Å². The van der Waals surface area contributed by atoms with E-state index in [-0.39, 0.29) is 40.3 Å². The molecule has 0 saturated carbocycles. The number of Topliss-reactive ketones (excluding diaryl/α,β-unsaturated/α-hetero) is 2. The fourth-order valence-corrected chi connectivity index (χ4v) is 3.95. The average molecular weight is 324 g/mol. The topological polar surface area (TPSA) is 86.1 Å². The van der Waals surface area contributed by atoms with Crippen LogP contribution in [0.1, 0.15) is 60.4 Å². The Morgan fingerprint density at radius 1 is 1.09 bits per heavy atom. The first kappa shape index (κ1) is 16.6. The van der Waals surface area contributed by atoms with Gasteiger partial charge >= 0.3 is 0 Å². The Morgan fingerprint density at radius 2 is 1.68 bits per heavy atom. The van der Waals surface area contributed by atoms with E-state index in [9.17, 15) is 18.0 Å². The van der Waals surface area contributed by atoms with Gasteiger partial charge in [-0.2, -0.15) is 0 Å². The van der Waals surface area contributed by atoms with Gasteiger partial charge in [-0.15, -0.1) is 0 Å². The summed E-state index contributed by atoms with van der Waals surface area (Å²) in [6.45, 7) is 5.11. The molecule has 1 aliphatic rings. The molecule has 22 heavy (non-hydrogen) atoms. The number of hydrogen-bond acceptors (Lipinski definition) is 5. The van der Waals surface area contributed by atoms with Crippen LogP contribution in [0.15, 0.2) is 11.1 Å². The van der Waals surface area contributed by atoms with Crippen LogP contribution in [-0.2, 0) is 22.6 Å². The number of imidazole rings is 1. The lowest BCUT2D eigenvalue weighted by Gasteiger charge is -2.13. The number of carbonyl (C=O) groups is 2. The number of unbranched alkanes of at least 4 members (excludes halogenated alkanes) is 1. The number of hydrogen-bond donors (Lipinski definition) is 0. The Morgan fingerprint density at radius 3 is 2.27 bits per heavy atom. The van der Waals surface area contributed by atoms with Gasteiger partial charge in [-0.1, -0.05) is 13.3 Å². The summed E-state index contributed by atoms with van der Waals surface area (Å²) >= 11 is 0. The fraction of sp³-hybridized carbons (Fsp3) is 0.533. The van der Waals surface area contributed by atoms with E-state index in [1.807, 2.05) is 6.92 Å². The smallest absolute Gasteiger partial charge is 0.209 e. The van der Waals surface area contributed by atoms with Crippen LogP contribution in [0.5, 0.6) is 0 Å². The van der Waals surface area contributed by atoms with Gasteiger partial charge in [-0.3, -0.25) is 9.59 Å². The number of sulfone groups is 1. The quantitative estimate of drug-likeness (QED) is 0.825. The number of carbonyl (C=O) groups excluding carboxylic acids is 2. The van der Waals surface area contributed by atoms with Gasteiger partial charge in [0.05, 0.1) is 5.75 Å². The van der Waals surface area contributed by atoms with E-state index in [0.29, 0.717) is 17.6 Å². The Kier molecular flexibility index (Phi) is 4.37. The van der Waals surface area contributed by atoms with Crippen LogP contribution >= 0.6 is 0 Å². The van der Waals surface area contributed by atoms with E-state index in [2.05, 4.69) is 4.98 Å². The predicted octanol–water partition coefficient (Wildman–Crippen LogP) is 1.85. The molecule has 1 aromatic rings. The van der Waals surface area contributed by atoms with E-state index in [4.69, 9.17) is 0 Å². The Hall–Kier alpha value is -1.76. The second kappa shape index (κ2) is 5.79. The van der Waals surface area contributed by atoms with Crippen molar-refractivity contribution in [3.8, 4) is 0 Å². The van der Waals surface area contributed by atoms with Gasteiger partial charge in [0.25, 0.3) is 0 Å². The average Bonchev–Trinajstić information content (AvgIpc) is 2.77. The van der Waals surface area contributed by atoms with Crippen molar-refractivity contribution in [2.45, 2.75) is 39.4 Å². The molecule has 120 valence electrons. The molecule has 0 radical (unpaired) electrons. The molecule has 1 aromatic heterocycles. The van der Waals surface area contributed by atoms with Crippen LogP contribution in [0.25, 0.3) is 0 Å². The van der Waals surface area contributed by atoms with E-state index in [0.717, 1.165) is 6.42 Å². The second-order valence-corrected chi connectivity index (χ2v) is 7.82. The molecule has 7 heteroatoms. The molecule has 0 aromatic carbocycles. The highest BCUT2D eigenvalue weighted by atomic mass is 32.2. The standard InChI is InChI=1S/C15H20N2O4S/c1-5-6-7-22(20,21)8-11-16-12-13(17(11)4)15(19)10(3)9(2)14(12)18/h5-8H2,1-4H3. The summed E-state index contributed by atoms with van der Waals surface area (Å²) in [4.78, 5) is 28.7. The molecule has 0 aliphatic heterocycles. The minimum atomic E-state index is -3.30. The number of fused-ring (bicyclic) bond motifs is 1. The molecule has 0 bridgehead atoms. The molecule has 0 spiro atoms. The normalized spacial score (nSPS) is 15.5. The lowest BCUT2D eigenvalue weighted by molar-refractivity contribution is 0.0967. The lowest BCUT2D eigenvalue weighted by Crippen LogP contribution is -2.21. The fourth-order valence-electron chi connectivity index (χ4n) is 2.42. The summed E-state index contributed by atoms with van der Waals surface area (Å²) in [5.41, 5.74) is 1.02. The van der Waals surface area contributed by atoms with E-state index < -0.39 is 9.84 Å². The van der Waals surface area contributed by atoms with Crippen molar-refractivity contribution in [3.63, 3.8) is 0 Å². The minimum Gasteiger partial charge on any atom is -0.327 e. The van der Waals surface area contributed by atoms with Crippen LogP contribution in [0.4, 0.5) is 0 Å². The molecule has 0 saturated heterocycles. The number of allylic oxidation sites excluding steroid dienone is 2. The van der Waals surface area contributed by atoms with E-state index in [1.165, 1.54) is 4.57 Å². The number of rotatable bonds is 5. The first-order valence-electron chi connectivity index (χ1n) is 7.22. The molecule has 1 heterocycles. The van der Waals surface area contributed by atoms with Crippen molar-refractivity contribution >= 4 is 21.4 Å². The summed E-state index contributed by atoms with van der Waals surface area (Å²) in [5, 5.41) is 0. The highest BCUT2D eigenvalue weighted by Crippen LogP contribution is 2.26. The molecule has 1 aliphatic carbocycles. The third-order valence-electron chi connectivity index (χ3n) is 4.02. The third kappa shape index (κ3) is 2.77. The van der Waals surface area contributed by atoms with Crippen molar-refractivity contribution in [3.05, 3.63) is 28.4 Å². The van der Waals surface area contributed by atoms with Gasteiger partial charge in [0.2, 0.25) is 11.6 Å². The molecular formula is C15H20N2O4S. The molecule has 0 N–H and O–H groups in total. The Bertz CT molecular complexity index is 785. The minimum absolute atomic E-state index is 0.0660. The third-order valence-corrected chi connectivity index (χ3v) is 5.63. The van der Waals surface area contributed by atoms with Gasteiger partial charge in [0.1, 0.15) is 23.0 Å². The monoisotopic (exact) mass is 324 g/mol. The molecule has 0 amide bonds. The van der Waals surface area contributed by atoms with Gasteiger partial charge in [-0.05, 0) is 20.3 Å². The SMILES string of the molecule is CCCCS(=O)(=O)Cc1nc2c(n1C)C(=O)C(C)=C(C)C2=O.